The lowest BCUT2D eigenvalue weighted by atomic mass is 10.2. The smallest absolute Gasteiger partial charge is 0.410 e. The van der Waals surface area contributed by atoms with E-state index in [0.717, 1.165) is 5.56 Å². The zero-order valence-electron chi connectivity index (χ0n) is 11.8. The molecule has 2 rings (SSSR count). The average molecular weight is 298 g/mol. The average Bonchev–Trinajstić information content (AvgIpc) is 2.47. The second kappa shape index (κ2) is 7.03. The van der Waals surface area contributed by atoms with Crippen molar-refractivity contribution in [2.45, 2.75) is 6.92 Å². The molecule has 22 heavy (non-hydrogen) atoms. The highest BCUT2D eigenvalue weighted by molar-refractivity contribution is 6.07. The number of rotatable bonds is 2. The van der Waals surface area contributed by atoms with Gasteiger partial charge in [-0.3, -0.25) is 10.1 Å². The van der Waals surface area contributed by atoms with Gasteiger partial charge in [0.1, 0.15) is 5.75 Å². The number of nitrogens with one attached hydrogen (secondary N) is 2. The Bertz CT molecular complexity index is 698. The Morgan fingerprint density at radius 3 is 2.32 bits per heavy atom. The van der Waals surface area contributed by atoms with Crippen molar-refractivity contribution in [2.75, 3.05) is 0 Å². The lowest BCUT2D eigenvalue weighted by molar-refractivity contribution is 0.0964. The van der Waals surface area contributed by atoms with Gasteiger partial charge in [0.15, 0.2) is 0 Å². The minimum absolute atomic E-state index is 0.305. The van der Waals surface area contributed by atoms with Crippen LogP contribution in [0.15, 0.2) is 54.6 Å². The highest BCUT2D eigenvalue weighted by Gasteiger charge is 2.13. The number of carbonyl (C=O) groups excluding carboxylic acids is 3. The fourth-order valence-electron chi connectivity index (χ4n) is 1.70. The third kappa shape index (κ3) is 4.45. The summed E-state index contributed by atoms with van der Waals surface area (Å²) in [5.74, 6) is -0.304. The summed E-state index contributed by atoms with van der Waals surface area (Å²) in [7, 11) is 0. The van der Waals surface area contributed by atoms with E-state index in [0.29, 0.717) is 11.3 Å². The molecule has 2 aromatic carbocycles. The van der Waals surface area contributed by atoms with Gasteiger partial charge in [-0.15, -0.1) is 0 Å². The topological polar surface area (TPSA) is 84.5 Å². The molecule has 0 spiro atoms. The van der Waals surface area contributed by atoms with Gasteiger partial charge in [0, 0.05) is 5.56 Å². The molecule has 112 valence electrons. The van der Waals surface area contributed by atoms with Crippen molar-refractivity contribution < 1.29 is 19.1 Å². The van der Waals surface area contributed by atoms with Crippen LogP contribution in [0.25, 0.3) is 0 Å². The molecule has 0 saturated carbocycles. The molecule has 0 bridgehead atoms. The Morgan fingerprint density at radius 1 is 0.909 bits per heavy atom. The van der Waals surface area contributed by atoms with Gasteiger partial charge in [-0.1, -0.05) is 30.3 Å². The maximum absolute atomic E-state index is 11.7. The predicted octanol–water partition coefficient (Wildman–Crippen LogP) is 2.63. The van der Waals surface area contributed by atoms with Crippen LogP contribution in [0.5, 0.6) is 5.75 Å². The standard InChI is InChI=1S/C16H14N2O4/c1-11-6-5-9-13(10-11)22-16(21)18-15(20)17-14(19)12-7-3-2-4-8-12/h2-10H,1H3,(H2,17,18,19,20,21). The number of amides is 4. The van der Waals surface area contributed by atoms with E-state index < -0.39 is 18.0 Å². The molecule has 0 fully saturated rings. The maximum Gasteiger partial charge on any atom is 0.420 e. The molecule has 0 heterocycles. The number of imide groups is 2. The number of urea groups is 1. The molecule has 6 nitrogen and oxygen atoms in total. The van der Waals surface area contributed by atoms with Gasteiger partial charge in [-0.05, 0) is 36.8 Å². The summed E-state index contributed by atoms with van der Waals surface area (Å²) in [5, 5.41) is 3.95. The van der Waals surface area contributed by atoms with Crippen LogP contribution in [0, 0.1) is 6.92 Å². The van der Waals surface area contributed by atoms with Crippen molar-refractivity contribution in [3.63, 3.8) is 0 Å². The first kappa shape index (κ1) is 15.2. The molecule has 0 aliphatic rings. The molecule has 0 aromatic heterocycles. The summed E-state index contributed by atoms with van der Waals surface area (Å²) in [6, 6.07) is 14.0. The monoisotopic (exact) mass is 298 g/mol. The number of benzene rings is 2. The van der Waals surface area contributed by atoms with Gasteiger partial charge in [-0.2, -0.15) is 0 Å². The van der Waals surface area contributed by atoms with Gasteiger partial charge in [0.2, 0.25) is 0 Å². The van der Waals surface area contributed by atoms with Crippen molar-refractivity contribution in [3.05, 3.63) is 65.7 Å². The van der Waals surface area contributed by atoms with Crippen LogP contribution in [0.4, 0.5) is 9.59 Å². The molecule has 0 aliphatic heterocycles. The van der Waals surface area contributed by atoms with Crippen LogP contribution in [0.1, 0.15) is 15.9 Å². The SMILES string of the molecule is Cc1cccc(OC(=O)NC(=O)NC(=O)c2ccccc2)c1. The van der Waals surface area contributed by atoms with Gasteiger partial charge in [-0.25, -0.2) is 14.9 Å². The van der Waals surface area contributed by atoms with Gasteiger partial charge in [0.05, 0.1) is 0 Å². The van der Waals surface area contributed by atoms with Crippen molar-refractivity contribution >= 4 is 18.0 Å². The molecule has 0 unspecified atom stereocenters. The number of carbonyl (C=O) groups is 3. The third-order valence-corrected chi connectivity index (χ3v) is 2.68. The van der Waals surface area contributed by atoms with E-state index in [4.69, 9.17) is 4.74 Å². The number of aryl methyl sites for hydroxylation is 1. The normalized spacial score (nSPS) is 9.68. The van der Waals surface area contributed by atoms with Crippen LogP contribution in [-0.4, -0.2) is 18.0 Å². The van der Waals surface area contributed by atoms with Crippen LogP contribution >= 0.6 is 0 Å². The van der Waals surface area contributed by atoms with Crippen LogP contribution in [0.3, 0.4) is 0 Å². The molecule has 6 heteroatoms. The summed E-state index contributed by atoms with van der Waals surface area (Å²) in [4.78, 5) is 34.8. The minimum atomic E-state index is -0.969. The van der Waals surface area contributed by atoms with E-state index in [1.165, 1.54) is 0 Å². The zero-order valence-corrected chi connectivity index (χ0v) is 11.8. The highest BCUT2D eigenvalue weighted by Crippen LogP contribution is 2.12. The van der Waals surface area contributed by atoms with Crippen molar-refractivity contribution in [1.82, 2.24) is 10.6 Å². The van der Waals surface area contributed by atoms with Crippen LogP contribution in [0.2, 0.25) is 0 Å². The van der Waals surface area contributed by atoms with Gasteiger partial charge < -0.3 is 4.74 Å². The lowest BCUT2D eigenvalue weighted by Gasteiger charge is -2.07. The van der Waals surface area contributed by atoms with Crippen molar-refractivity contribution in [3.8, 4) is 5.75 Å². The van der Waals surface area contributed by atoms with Crippen molar-refractivity contribution in [2.24, 2.45) is 0 Å². The fraction of sp³-hybridized carbons (Fsp3) is 0.0625. The summed E-state index contributed by atoms with van der Waals surface area (Å²) in [6.45, 7) is 1.84. The second-order valence-corrected chi connectivity index (χ2v) is 4.48. The summed E-state index contributed by atoms with van der Waals surface area (Å²) in [6.07, 6.45) is -0.969. The fourth-order valence-corrected chi connectivity index (χ4v) is 1.70. The Kier molecular flexibility index (Phi) is 4.87. The van der Waals surface area contributed by atoms with E-state index >= 15 is 0 Å². The summed E-state index contributed by atoms with van der Waals surface area (Å²) >= 11 is 0. The Hall–Kier alpha value is -3.15. The Morgan fingerprint density at radius 2 is 1.64 bits per heavy atom. The second-order valence-electron chi connectivity index (χ2n) is 4.48. The zero-order chi connectivity index (χ0) is 15.9. The molecular formula is C16H14N2O4. The number of hydrogen-bond acceptors (Lipinski definition) is 4. The molecule has 0 radical (unpaired) electrons. The molecule has 0 saturated heterocycles. The summed E-state index contributed by atoms with van der Waals surface area (Å²) < 4.78 is 4.93. The highest BCUT2D eigenvalue weighted by atomic mass is 16.6. The van der Waals surface area contributed by atoms with E-state index in [-0.39, 0.29) is 0 Å². The van der Waals surface area contributed by atoms with Gasteiger partial charge >= 0.3 is 12.1 Å². The molecule has 2 aromatic rings. The largest absolute Gasteiger partial charge is 0.420 e. The van der Waals surface area contributed by atoms with E-state index in [9.17, 15) is 14.4 Å². The molecule has 4 amide bonds. The number of hydrogen-bond donors (Lipinski definition) is 2. The van der Waals surface area contributed by atoms with Crippen molar-refractivity contribution in [1.29, 1.82) is 0 Å². The van der Waals surface area contributed by atoms with Gasteiger partial charge in [0.25, 0.3) is 5.91 Å². The van der Waals surface area contributed by atoms with E-state index in [1.54, 1.807) is 48.5 Å². The Labute approximate surface area is 127 Å². The predicted molar refractivity (Wildman–Crippen MR) is 79.6 cm³/mol. The third-order valence-electron chi connectivity index (χ3n) is 2.68. The minimum Gasteiger partial charge on any atom is -0.410 e. The molecular weight excluding hydrogens is 284 g/mol. The summed E-state index contributed by atoms with van der Waals surface area (Å²) in [5.41, 5.74) is 1.22. The van der Waals surface area contributed by atoms with E-state index in [1.807, 2.05) is 23.6 Å². The maximum atomic E-state index is 11.7. The van der Waals surface area contributed by atoms with E-state index in [2.05, 4.69) is 0 Å². The van der Waals surface area contributed by atoms with Crippen LogP contribution in [-0.2, 0) is 0 Å². The lowest BCUT2D eigenvalue weighted by Crippen LogP contribution is -2.43. The van der Waals surface area contributed by atoms with Crippen LogP contribution < -0.4 is 15.4 Å². The first-order chi connectivity index (χ1) is 10.5. The first-order valence-corrected chi connectivity index (χ1v) is 6.50. The first-order valence-electron chi connectivity index (χ1n) is 6.50. The molecule has 0 atom stereocenters. The number of ether oxygens (including phenoxy) is 1. The molecule has 0 aliphatic carbocycles. The Balaban J connectivity index is 1.86. The molecule has 2 N–H and O–H groups in total. The quantitative estimate of drug-likeness (QED) is 0.892.